The molecule has 9 heteroatoms. The fourth-order valence-electron chi connectivity index (χ4n) is 3.76. The molecule has 0 bridgehead atoms. The van der Waals surface area contributed by atoms with E-state index in [1.807, 2.05) is 6.92 Å². The highest BCUT2D eigenvalue weighted by molar-refractivity contribution is 5.97. The number of nitrogens with zero attached hydrogens (tertiary/aromatic N) is 4. The van der Waals surface area contributed by atoms with Crippen LogP contribution in [0.25, 0.3) is 0 Å². The average molecular weight is 481 g/mol. The van der Waals surface area contributed by atoms with Gasteiger partial charge in [0.2, 0.25) is 11.8 Å². The van der Waals surface area contributed by atoms with Crippen molar-refractivity contribution in [2.75, 3.05) is 26.7 Å². The van der Waals surface area contributed by atoms with E-state index in [0.717, 1.165) is 5.56 Å². The van der Waals surface area contributed by atoms with Gasteiger partial charge < -0.3 is 24.7 Å². The number of rotatable bonds is 6. The second-order valence-electron chi connectivity index (χ2n) is 8.95. The van der Waals surface area contributed by atoms with Gasteiger partial charge in [-0.25, -0.2) is 4.98 Å². The van der Waals surface area contributed by atoms with E-state index in [4.69, 9.17) is 4.74 Å². The van der Waals surface area contributed by atoms with E-state index in [2.05, 4.69) is 21.8 Å². The van der Waals surface area contributed by atoms with Crippen molar-refractivity contribution in [2.24, 2.45) is 5.92 Å². The Morgan fingerprint density at radius 2 is 2.06 bits per heavy atom. The fourth-order valence-corrected chi connectivity index (χ4v) is 3.76. The van der Waals surface area contributed by atoms with E-state index < -0.39 is 18.2 Å². The number of aliphatic hydroxyl groups excluding tert-OH is 2. The molecule has 0 saturated heterocycles. The van der Waals surface area contributed by atoms with Gasteiger partial charge in [0.1, 0.15) is 17.8 Å². The Bertz CT molecular complexity index is 1100. The Kier molecular flexibility index (Phi) is 8.79. The van der Waals surface area contributed by atoms with Gasteiger partial charge >= 0.3 is 0 Å². The first-order valence-corrected chi connectivity index (χ1v) is 11.6. The van der Waals surface area contributed by atoms with Crippen LogP contribution >= 0.6 is 0 Å². The van der Waals surface area contributed by atoms with Gasteiger partial charge in [-0.05, 0) is 37.6 Å². The molecule has 2 N–H and O–H groups in total. The smallest absolute Gasteiger partial charge is 0.259 e. The van der Waals surface area contributed by atoms with Crippen LogP contribution in [-0.2, 0) is 11.2 Å². The standard InChI is InChI=1S/C26H32N4O5/c1-17-14-30(18(2)16-31)26(34)22-11-21(6-5-19(3)32)13-28-25(22)35-23(17)15-29(4)24(33)12-20-7-9-27-10-8-20/h7-11,13,17-19,23,31-32H,12,14-16H2,1-4H3/t17-,18-,19+,23+/m1/s1. The van der Waals surface area contributed by atoms with Crippen LogP contribution in [0.15, 0.2) is 36.8 Å². The van der Waals surface area contributed by atoms with E-state index in [1.54, 1.807) is 61.3 Å². The van der Waals surface area contributed by atoms with E-state index in [9.17, 15) is 19.8 Å². The number of aromatic nitrogens is 2. The summed E-state index contributed by atoms with van der Waals surface area (Å²) in [6, 6.07) is 4.77. The number of carbonyl (C=O) groups excluding carboxylic acids is 2. The fraction of sp³-hybridized carbons (Fsp3) is 0.462. The Labute approximate surface area is 205 Å². The van der Waals surface area contributed by atoms with Crippen LogP contribution in [-0.4, -0.2) is 86.8 Å². The second-order valence-corrected chi connectivity index (χ2v) is 8.95. The number of likely N-dealkylation sites (N-methyl/N-ethyl adjacent to an activating group) is 1. The quantitative estimate of drug-likeness (QED) is 0.596. The summed E-state index contributed by atoms with van der Waals surface area (Å²) < 4.78 is 6.21. The first kappa shape index (κ1) is 26.1. The number of fused-ring (bicyclic) bond motifs is 1. The van der Waals surface area contributed by atoms with Crippen LogP contribution in [0.5, 0.6) is 5.88 Å². The van der Waals surface area contributed by atoms with Gasteiger partial charge in [-0.2, -0.15) is 0 Å². The number of hydrogen-bond acceptors (Lipinski definition) is 7. The maximum atomic E-state index is 13.4. The van der Waals surface area contributed by atoms with Crippen LogP contribution < -0.4 is 4.74 Å². The highest BCUT2D eigenvalue weighted by atomic mass is 16.5. The van der Waals surface area contributed by atoms with Gasteiger partial charge in [0, 0.05) is 43.7 Å². The Morgan fingerprint density at radius 1 is 1.34 bits per heavy atom. The summed E-state index contributed by atoms with van der Waals surface area (Å²) in [5, 5.41) is 19.2. The van der Waals surface area contributed by atoms with Crippen molar-refractivity contribution in [1.82, 2.24) is 19.8 Å². The van der Waals surface area contributed by atoms with Crippen molar-refractivity contribution in [3.63, 3.8) is 0 Å². The molecule has 186 valence electrons. The molecule has 4 atom stereocenters. The number of hydrogen-bond donors (Lipinski definition) is 2. The molecule has 0 saturated carbocycles. The lowest BCUT2D eigenvalue weighted by atomic mass is 9.99. The summed E-state index contributed by atoms with van der Waals surface area (Å²) >= 11 is 0. The van der Waals surface area contributed by atoms with Crippen molar-refractivity contribution >= 4 is 11.8 Å². The Hall–Kier alpha value is -3.48. The molecule has 1 aliphatic heterocycles. The van der Waals surface area contributed by atoms with Crippen molar-refractivity contribution in [3.8, 4) is 17.7 Å². The molecule has 9 nitrogen and oxygen atoms in total. The molecule has 0 radical (unpaired) electrons. The van der Waals surface area contributed by atoms with Crippen LogP contribution in [0.4, 0.5) is 0 Å². The maximum Gasteiger partial charge on any atom is 0.259 e. The molecule has 3 rings (SSSR count). The highest BCUT2D eigenvalue weighted by Gasteiger charge is 2.34. The summed E-state index contributed by atoms with van der Waals surface area (Å²) in [7, 11) is 1.72. The summed E-state index contributed by atoms with van der Waals surface area (Å²) in [5.74, 6) is 5.07. The summed E-state index contributed by atoms with van der Waals surface area (Å²) in [4.78, 5) is 37.8. The van der Waals surface area contributed by atoms with Gasteiger partial charge in [-0.1, -0.05) is 18.8 Å². The van der Waals surface area contributed by atoms with Gasteiger partial charge in [0.15, 0.2) is 0 Å². The van der Waals surface area contributed by atoms with Crippen molar-refractivity contribution < 1.29 is 24.5 Å². The SMILES string of the molecule is C[C@H](O)C#Cc1cnc2c(c1)C(=O)N([C@H](C)CO)C[C@@H](C)[C@H](CN(C)C(=O)Cc1ccncc1)O2. The lowest BCUT2D eigenvalue weighted by Crippen LogP contribution is -2.50. The number of carbonyl (C=O) groups is 2. The minimum atomic E-state index is -0.819. The molecular weight excluding hydrogens is 448 g/mol. The van der Waals surface area contributed by atoms with Crippen LogP contribution in [0.2, 0.25) is 0 Å². The lowest BCUT2D eigenvalue weighted by molar-refractivity contribution is -0.130. The molecular formula is C26H32N4O5. The molecule has 2 amide bonds. The first-order valence-electron chi connectivity index (χ1n) is 11.6. The summed E-state index contributed by atoms with van der Waals surface area (Å²) in [6.45, 7) is 5.70. The largest absolute Gasteiger partial charge is 0.472 e. The molecule has 2 aromatic heterocycles. The molecule has 0 aromatic carbocycles. The number of aliphatic hydroxyl groups is 2. The van der Waals surface area contributed by atoms with Gasteiger partial charge in [-0.3, -0.25) is 14.6 Å². The average Bonchev–Trinajstić information content (AvgIpc) is 2.84. The van der Waals surface area contributed by atoms with Crippen molar-refractivity contribution in [3.05, 3.63) is 53.5 Å². The lowest BCUT2D eigenvalue weighted by Gasteiger charge is -2.37. The summed E-state index contributed by atoms with van der Waals surface area (Å²) in [5.41, 5.74) is 1.56. The predicted octanol–water partition coefficient (Wildman–Crippen LogP) is 1.13. The van der Waals surface area contributed by atoms with Crippen LogP contribution in [0.1, 0.15) is 42.3 Å². The van der Waals surface area contributed by atoms with Crippen LogP contribution in [0, 0.1) is 17.8 Å². The zero-order chi connectivity index (χ0) is 25.5. The van der Waals surface area contributed by atoms with Gasteiger partial charge in [0.25, 0.3) is 5.91 Å². The second kappa shape index (κ2) is 11.8. The third-order valence-corrected chi connectivity index (χ3v) is 5.93. The molecule has 1 aliphatic rings. The normalized spacial score (nSPS) is 19.3. The zero-order valence-electron chi connectivity index (χ0n) is 20.5. The van der Waals surface area contributed by atoms with Gasteiger partial charge in [0.05, 0.1) is 25.6 Å². The van der Waals surface area contributed by atoms with E-state index >= 15 is 0 Å². The highest BCUT2D eigenvalue weighted by Crippen LogP contribution is 2.27. The monoisotopic (exact) mass is 480 g/mol. The zero-order valence-corrected chi connectivity index (χ0v) is 20.5. The molecule has 0 unspecified atom stereocenters. The van der Waals surface area contributed by atoms with Gasteiger partial charge in [-0.15, -0.1) is 0 Å². The third-order valence-electron chi connectivity index (χ3n) is 5.93. The number of pyridine rings is 2. The Balaban J connectivity index is 1.89. The maximum absolute atomic E-state index is 13.4. The Morgan fingerprint density at radius 3 is 2.71 bits per heavy atom. The van der Waals surface area contributed by atoms with Crippen LogP contribution in [0.3, 0.4) is 0 Å². The molecule has 3 heterocycles. The van der Waals surface area contributed by atoms with E-state index in [-0.39, 0.29) is 42.2 Å². The molecule has 35 heavy (non-hydrogen) atoms. The number of amides is 2. The molecule has 0 aliphatic carbocycles. The van der Waals surface area contributed by atoms with Crippen molar-refractivity contribution in [1.29, 1.82) is 0 Å². The van der Waals surface area contributed by atoms with E-state index in [1.165, 1.54) is 6.20 Å². The predicted molar refractivity (Wildman–Crippen MR) is 130 cm³/mol. The third kappa shape index (κ3) is 6.78. The molecule has 0 fully saturated rings. The minimum Gasteiger partial charge on any atom is -0.472 e. The molecule has 0 spiro atoms. The summed E-state index contributed by atoms with van der Waals surface area (Å²) in [6.07, 6.45) is 3.77. The first-order chi connectivity index (χ1) is 16.7. The topological polar surface area (TPSA) is 116 Å². The molecule has 2 aromatic rings. The minimum absolute atomic E-state index is 0.0670. The number of ether oxygens (including phenoxy) is 1. The van der Waals surface area contributed by atoms with Crippen molar-refractivity contribution in [2.45, 2.75) is 45.4 Å². The van der Waals surface area contributed by atoms with E-state index in [0.29, 0.717) is 18.7 Å².